The minimum Gasteiger partial charge on any atom is -0.507 e. The summed E-state index contributed by atoms with van der Waals surface area (Å²) in [6, 6.07) is 19.2. The van der Waals surface area contributed by atoms with Crippen molar-refractivity contribution in [2.75, 3.05) is 4.90 Å². The van der Waals surface area contributed by atoms with Gasteiger partial charge in [0, 0.05) is 21.4 Å². The van der Waals surface area contributed by atoms with Crippen LogP contribution in [0.5, 0.6) is 0 Å². The van der Waals surface area contributed by atoms with Crippen molar-refractivity contribution in [2.24, 2.45) is 0 Å². The van der Waals surface area contributed by atoms with Crippen molar-refractivity contribution in [1.82, 2.24) is 10.2 Å². The van der Waals surface area contributed by atoms with E-state index in [0.717, 1.165) is 16.7 Å². The maximum Gasteiger partial charge on any atom is 0.301 e. The first-order valence-electron chi connectivity index (χ1n) is 11.6. The second kappa shape index (κ2) is 10.9. The summed E-state index contributed by atoms with van der Waals surface area (Å²) in [6.07, 6.45) is 0. The number of anilines is 1. The number of benzene rings is 3. The SMILES string of the molecule is Cc1ccc(C)c(C(O)=C2C(=O)C(=O)N(c3nnc(SCc4ccc(Cl)cc4Cl)s3)C2c2ccccc2)c1. The number of ketones is 1. The van der Waals surface area contributed by atoms with Gasteiger partial charge in [-0.1, -0.05) is 100 Å². The van der Waals surface area contributed by atoms with E-state index in [1.165, 1.54) is 28.0 Å². The average Bonchev–Trinajstić information content (AvgIpc) is 3.47. The van der Waals surface area contributed by atoms with Gasteiger partial charge in [-0.25, -0.2) is 0 Å². The van der Waals surface area contributed by atoms with Crippen LogP contribution in [0.1, 0.15) is 33.9 Å². The molecule has 1 aliphatic heterocycles. The second-order valence-electron chi connectivity index (χ2n) is 8.77. The number of aromatic nitrogens is 2. The smallest absolute Gasteiger partial charge is 0.301 e. The van der Waals surface area contributed by atoms with Crippen LogP contribution < -0.4 is 4.90 Å². The number of halogens is 2. The molecule has 0 bridgehead atoms. The molecular weight excluding hydrogens is 561 g/mol. The van der Waals surface area contributed by atoms with Crippen LogP contribution in [0.3, 0.4) is 0 Å². The number of carbonyl (C=O) groups excluding carboxylic acids is 2. The van der Waals surface area contributed by atoms with Crippen molar-refractivity contribution >= 4 is 68.9 Å². The van der Waals surface area contributed by atoms with Gasteiger partial charge in [-0.05, 0) is 48.7 Å². The Hall–Kier alpha value is -3.17. The van der Waals surface area contributed by atoms with Crippen LogP contribution in [0.4, 0.5) is 5.13 Å². The fourth-order valence-corrected chi connectivity index (χ4v) is 6.68. The lowest BCUT2D eigenvalue weighted by atomic mass is 9.93. The van der Waals surface area contributed by atoms with Crippen molar-refractivity contribution in [3.8, 4) is 0 Å². The number of nitrogens with zero attached hydrogens (tertiary/aromatic N) is 3. The largest absolute Gasteiger partial charge is 0.507 e. The molecule has 6 nitrogen and oxygen atoms in total. The molecular formula is C28H21Cl2N3O3S2. The van der Waals surface area contributed by atoms with Gasteiger partial charge in [0.05, 0.1) is 11.6 Å². The Morgan fingerprint density at radius 3 is 2.53 bits per heavy atom. The topological polar surface area (TPSA) is 83.4 Å². The van der Waals surface area contributed by atoms with Crippen molar-refractivity contribution in [3.05, 3.63) is 110 Å². The maximum atomic E-state index is 13.4. The second-order valence-corrected chi connectivity index (χ2v) is 11.8. The Bertz CT molecular complexity index is 1590. The molecule has 38 heavy (non-hydrogen) atoms. The number of Topliss-reactive ketones (excluding diaryl/α,β-unsaturated/α-hetero) is 1. The van der Waals surface area contributed by atoms with E-state index in [-0.39, 0.29) is 16.5 Å². The summed E-state index contributed by atoms with van der Waals surface area (Å²) < 4.78 is 0.606. The third kappa shape index (κ3) is 5.09. The van der Waals surface area contributed by atoms with E-state index in [0.29, 0.717) is 31.3 Å². The lowest BCUT2D eigenvalue weighted by Gasteiger charge is -2.22. The summed E-state index contributed by atoms with van der Waals surface area (Å²) in [5.74, 6) is -1.22. The first-order chi connectivity index (χ1) is 18.2. The fourth-order valence-electron chi connectivity index (χ4n) is 4.25. The number of carbonyl (C=O) groups is 2. The van der Waals surface area contributed by atoms with Crippen LogP contribution in [-0.2, 0) is 15.3 Å². The molecule has 4 aromatic rings. The van der Waals surface area contributed by atoms with Gasteiger partial charge in [-0.15, -0.1) is 10.2 Å². The van der Waals surface area contributed by atoms with E-state index in [1.807, 2.05) is 68.4 Å². The molecule has 1 fully saturated rings. The van der Waals surface area contributed by atoms with Gasteiger partial charge in [0.1, 0.15) is 5.76 Å². The van der Waals surface area contributed by atoms with E-state index in [9.17, 15) is 14.7 Å². The molecule has 0 spiro atoms. The van der Waals surface area contributed by atoms with E-state index < -0.39 is 17.7 Å². The highest BCUT2D eigenvalue weighted by atomic mass is 35.5. The molecule has 1 amide bonds. The first-order valence-corrected chi connectivity index (χ1v) is 14.1. The molecule has 2 heterocycles. The summed E-state index contributed by atoms with van der Waals surface area (Å²) in [6.45, 7) is 3.75. The number of aryl methyl sites for hydroxylation is 2. The molecule has 1 N–H and O–H groups in total. The van der Waals surface area contributed by atoms with Crippen LogP contribution >= 0.6 is 46.3 Å². The zero-order valence-corrected chi connectivity index (χ0v) is 23.5. The zero-order valence-electron chi connectivity index (χ0n) is 20.3. The molecule has 1 saturated heterocycles. The van der Waals surface area contributed by atoms with E-state index in [1.54, 1.807) is 12.1 Å². The first kappa shape index (κ1) is 26.4. The highest BCUT2D eigenvalue weighted by molar-refractivity contribution is 8.00. The van der Waals surface area contributed by atoms with Crippen molar-refractivity contribution < 1.29 is 14.7 Å². The third-order valence-electron chi connectivity index (χ3n) is 6.18. The number of thioether (sulfide) groups is 1. The van der Waals surface area contributed by atoms with Gasteiger partial charge >= 0.3 is 5.91 Å². The van der Waals surface area contributed by atoms with Crippen LogP contribution in [0.2, 0.25) is 10.0 Å². The van der Waals surface area contributed by atoms with Gasteiger partial charge in [0.2, 0.25) is 5.13 Å². The summed E-state index contributed by atoms with van der Waals surface area (Å²) in [5.41, 5.74) is 3.81. The average molecular weight is 583 g/mol. The zero-order chi connectivity index (χ0) is 27.0. The Morgan fingerprint density at radius 2 is 1.79 bits per heavy atom. The molecule has 192 valence electrons. The van der Waals surface area contributed by atoms with Gasteiger partial charge in [0.25, 0.3) is 5.78 Å². The lowest BCUT2D eigenvalue weighted by Crippen LogP contribution is -2.29. The van der Waals surface area contributed by atoms with Gasteiger partial charge in [-0.3, -0.25) is 14.5 Å². The van der Waals surface area contributed by atoms with Crippen molar-refractivity contribution in [2.45, 2.75) is 30.0 Å². The van der Waals surface area contributed by atoms with Crippen LogP contribution in [0, 0.1) is 13.8 Å². The summed E-state index contributed by atoms with van der Waals surface area (Å²) >= 11 is 14.9. The molecule has 0 saturated carbocycles. The number of hydrogen-bond acceptors (Lipinski definition) is 7. The Morgan fingerprint density at radius 1 is 1.03 bits per heavy atom. The monoisotopic (exact) mass is 581 g/mol. The standard InChI is InChI=1S/C28H21Cl2N3O3S2/c1-15-8-9-16(2)20(12-15)24(34)22-23(17-6-4-3-5-7-17)33(26(36)25(22)35)27-31-32-28(38-27)37-14-18-10-11-19(29)13-21(18)30/h3-13,23,34H,14H2,1-2H3. The number of rotatable bonds is 6. The minimum atomic E-state index is -0.854. The number of hydrogen-bond donors (Lipinski definition) is 1. The molecule has 0 radical (unpaired) electrons. The maximum absolute atomic E-state index is 13.4. The van der Waals surface area contributed by atoms with E-state index in [2.05, 4.69) is 10.2 Å². The van der Waals surface area contributed by atoms with E-state index >= 15 is 0 Å². The predicted molar refractivity (Wildman–Crippen MR) is 153 cm³/mol. The highest BCUT2D eigenvalue weighted by Crippen LogP contribution is 2.44. The summed E-state index contributed by atoms with van der Waals surface area (Å²) in [7, 11) is 0. The molecule has 1 aliphatic rings. The van der Waals surface area contributed by atoms with Crippen LogP contribution in [-0.4, -0.2) is 27.0 Å². The quantitative estimate of drug-likeness (QED) is 0.0840. The fraction of sp³-hybridized carbons (Fsp3) is 0.143. The minimum absolute atomic E-state index is 0.0206. The van der Waals surface area contributed by atoms with Gasteiger partial charge in [0.15, 0.2) is 4.34 Å². The molecule has 1 unspecified atom stereocenters. The van der Waals surface area contributed by atoms with Crippen molar-refractivity contribution in [1.29, 1.82) is 0 Å². The molecule has 5 rings (SSSR count). The highest BCUT2D eigenvalue weighted by Gasteiger charge is 2.48. The molecule has 1 aromatic heterocycles. The molecule has 3 aromatic carbocycles. The van der Waals surface area contributed by atoms with Gasteiger partial charge in [-0.2, -0.15) is 0 Å². The Kier molecular flexibility index (Phi) is 7.59. The van der Waals surface area contributed by atoms with Crippen LogP contribution in [0.15, 0.2) is 76.6 Å². The third-order valence-corrected chi connectivity index (χ3v) is 8.87. The predicted octanol–water partition coefficient (Wildman–Crippen LogP) is 7.38. The lowest BCUT2D eigenvalue weighted by molar-refractivity contribution is -0.132. The van der Waals surface area contributed by atoms with Crippen molar-refractivity contribution in [3.63, 3.8) is 0 Å². The molecule has 0 aliphatic carbocycles. The molecule has 1 atom stereocenters. The Labute approximate surface area is 237 Å². The number of amides is 1. The summed E-state index contributed by atoms with van der Waals surface area (Å²) in [4.78, 5) is 28.1. The Balaban J connectivity index is 1.54. The molecule has 10 heteroatoms. The normalized spacial score (nSPS) is 16.8. The van der Waals surface area contributed by atoms with Gasteiger partial charge < -0.3 is 5.11 Å². The number of aliphatic hydroxyl groups is 1. The summed E-state index contributed by atoms with van der Waals surface area (Å²) in [5, 5.41) is 21.3. The van der Waals surface area contributed by atoms with E-state index in [4.69, 9.17) is 23.2 Å². The number of aliphatic hydroxyl groups excluding tert-OH is 1. The van der Waals surface area contributed by atoms with Crippen LogP contribution in [0.25, 0.3) is 5.76 Å².